The van der Waals surface area contributed by atoms with Gasteiger partial charge in [-0.1, -0.05) is 59.6 Å². The maximum Gasteiger partial charge on any atom is 0.0595 e. The minimum absolute atomic E-state index is 0.584. The van der Waals surface area contributed by atoms with Crippen LogP contribution in [0.4, 0.5) is 5.69 Å². The van der Waals surface area contributed by atoms with Gasteiger partial charge in [-0.2, -0.15) is 0 Å². The van der Waals surface area contributed by atoms with Crippen LogP contribution in [0.15, 0.2) is 60.7 Å². The molecule has 0 aromatic heterocycles. The maximum absolute atomic E-state index is 6.01. The molecule has 3 rings (SSSR count). The number of nitrogens with one attached hydrogen (secondary N) is 1. The molecule has 0 atom stereocenters. The summed E-state index contributed by atoms with van der Waals surface area (Å²) in [7, 11) is 0. The van der Waals surface area contributed by atoms with E-state index in [9.17, 15) is 0 Å². The highest BCUT2D eigenvalue weighted by atomic mass is 35.5. The van der Waals surface area contributed by atoms with Gasteiger partial charge in [-0.05, 0) is 40.6 Å². The fourth-order valence-electron chi connectivity index (χ4n) is 2.15. The second kappa shape index (κ2) is 5.74. The molecule has 0 fully saturated rings. The van der Waals surface area contributed by atoms with Gasteiger partial charge in [0.05, 0.1) is 10.0 Å². The van der Waals surface area contributed by atoms with Crippen molar-refractivity contribution in [2.75, 3.05) is 5.32 Å². The standard InChI is InChI=1S/C17H13Cl2N/c18-16-8-5-12(9-17(16)19)11-20-15-7-6-13-3-1-2-4-14(13)10-15/h1-10,20H,11H2. The van der Waals surface area contributed by atoms with E-state index in [-0.39, 0.29) is 0 Å². The molecule has 1 nitrogen and oxygen atoms in total. The van der Waals surface area contributed by atoms with Crippen LogP contribution in [0, 0.1) is 0 Å². The predicted molar refractivity (Wildman–Crippen MR) is 87.7 cm³/mol. The Bertz CT molecular complexity index is 753. The first-order chi connectivity index (χ1) is 9.72. The molecule has 0 aliphatic carbocycles. The van der Waals surface area contributed by atoms with Gasteiger partial charge in [0.1, 0.15) is 0 Å². The Kier molecular flexibility index (Phi) is 3.81. The molecule has 100 valence electrons. The normalized spacial score (nSPS) is 10.7. The van der Waals surface area contributed by atoms with Crippen molar-refractivity contribution in [3.8, 4) is 0 Å². The van der Waals surface area contributed by atoms with Crippen LogP contribution >= 0.6 is 23.2 Å². The van der Waals surface area contributed by atoms with Gasteiger partial charge in [0.15, 0.2) is 0 Å². The zero-order valence-corrected chi connectivity index (χ0v) is 12.2. The van der Waals surface area contributed by atoms with Crippen molar-refractivity contribution in [1.29, 1.82) is 0 Å². The third-order valence-corrected chi connectivity index (χ3v) is 3.97. The summed E-state index contributed by atoms with van der Waals surface area (Å²) >= 11 is 11.9. The molecule has 0 saturated heterocycles. The van der Waals surface area contributed by atoms with Gasteiger partial charge in [-0.25, -0.2) is 0 Å². The summed E-state index contributed by atoms with van der Waals surface area (Å²) in [4.78, 5) is 0. The van der Waals surface area contributed by atoms with Crippen LogP contribution in [-0.2, 0) is 6.54 Å². The minimum atomic E-state index is 0.584. The fraction of sp³-hybridized carbons (Fsp3) is 0.0588. The molecular weight excluding hydrogens is 289 g/mol. The number of anilines is 1. The smallest absolute Gasteiger partial charge is 0.0595 e. The van der Waals surface area contributed by atoms with Crippen LogP contribution in [0.5, 0.6) is 0 Å². The molecule has 20 heavy (non-hydrogen) atoms. The second-order valence-corrected chi connectivity index (χ2v) is 5.48. The van der Waals surface area contributed by atoms with Gasteiger partial charge < -0.3 is 5.32 Å². The van der Waals surface area contributed by atoms with Crippen molar-refractivity contribution in [3.05, 3.63) is 76.3 Å². The van der Waals surface area contributed by atoms with E-state index in [0.717, 1.165) is 17.8 Å². The number of halogens is 2. The first-order valence-corrected chi connectivity index (χ1v) is 7.14. The molecule has 3 aromatic rings. The van der Waals surface area contributed by atoms with Crippen molar-refractivity contribution in [3.63, 3.8) is 0 Å². The van der Waals surface area contributed by atoms with E-state index in [1.165, 1.54) is 10.8 Å². The van der Waals surface area contributed by atoms with Crippen molar-refractivity contribution >= 4 is 39.7 Å². The number of fused-ring (bicyclic) bond motifs is 1. The molecule has 0 aliphatic rings. The summed E-state index contributed by atoms with van der Waals surface area (Å²) in [6.45, 7) is 0.717. The molecular formula is C17H13Cl2N. The van der Waals surface area contributed by atoms with E-state index in [2.05, 4.69) is 35.6 Å². The third kappa shape index (κ3) is 2.90. The van der Waals surface area contributed by atoms with Crippen LogP contribution in [0.25, 0.3) is 10.8 Å². The topological polar surface area (TPSA) is 12.0 Å². The van der Waals surface area contributed by atoms with Crippen molar-refractivity contribution < 1.29 is 0 Å². The Morgan fingerprint density at radius 2 is 1.55 bits per heavy atom. The van der Waals surface area contributed by atoms with E-state index in [1.54, 1.807) is 0 Å². The molecule has 0 spiro atoms. The van der Waals surface area contributed by atoms with E-state index < -0.39 is 0 Å². The lowest BCUT2D eigenvalue weighted by Gasteiger charge is -2.08. The fourth-order valence-corrected chi connectivity index (χ4v) is 2.47. The molecule has 3 aromatic carbocycles. The molecule has 0 radical (unpaired) electrons. The van der Waals surface area contributed by atoms with Gasteiger partial charge in [0.25, 0.3) is 0 Å². The highest BCUT2D eigenvalue weighted by molar-refractivity contribution is 6.42. The number of rotatable bonds is 3. The zero-order chi connectivity index (χ0) is 13.9. The van der Waals surface area contributed by atoms with Crippen LogP contribution in [0.1, 0.15) is 5.56 Å². The van der Waals surface area contributed by atoms with E-state index in [0.29, 0.717) is 10.0 Å². The third-order valence-electron chi connectivity index (χ3n) is 3.23. The Morgan fingerprint density at radius 1 is 0.750 bits per heavy atom. The van der Waals surface area contributed by atoms with Crippen LogP contribution in [0.2, 0.25) is 10.0 Å². The molecule has 0 unspecified atom stereocenters. The van der Waals surface area contributed by atoms with E-state index in [4.69, 9.17) is 23.2 Å². The maximum atomic E-state index is 6.01. The monoisotopic (exact) mass is 301 g/mol. The molecule has 0 saturated carbocycles. The number of hydrogen-bond acceptors (Lipinski definition) is 1. The van der Waals surface area contributed by atoms with Crippen LogP contribution < -0.4 is 5.32 Å². The Balaban J connectivity index is 1.77. The average molecular weight is 302 g/mol. The van der Waals surface area contributed by atoms with Gasteiger partial charge in [-0.15, -0.1) is 0 Å². The Hall–Kier alpha value is -1.70. The van der Waals surface area contributed by atoms with Gasteiger partial charge in [-0.3, -0.25) is 0 Å². The minimum Gasteiger partial charge on any atom is -0.381 e. The first kappa shape index (κ1) is 13.3. The zero-order valence-electron chi connectivity index (χ0n) is 10.7. The second-order valence-electron chi connectivity index (χ2n) is 4.66. The molecule has 3 heteroatoms. The van der Waals surface area contributed by atoms with E-state index >= 15 is 0 Å². The quantitative estimate of drug-likeness (QED) is 0.648. The summed E-state index contributed by atoms with van der Waals surface area (Å²) in [6.07, 6.45) is 0. The van der Waals surface area contributed by atoms with Gasteiger partial charge >= 0.3 is 0 Å². The summed E-state index contributed by atoms with van der Waals surface area (Å²) < 4.78 is 0. The Labute approximate surface area is 128 Å². The largest absolute Gasteiger partial charge is 0.381 e. The lowest BCUT2D eigenvalue weighted by atomic mass is 10.1. The highest BCUT2D eigenvalue weighted by Crippen LogP contribution is 2.24. The average Bonchev–Trinajstić information content (AvgIpc) is 2.48. The molecule has 1 N–H and O–H groups in total. The van der Waals surface area contributed by atoms with Crippen molar-refractivity contribution in [2.45, 2.75) is 6.54 Å². The van der Waals surface area contributed by atoms with Crippen LogP contribution in [0.3, 0.4) is 0 Å². The lowest BCUT2D eigenvalue weighted by molar-refractivity contribution is 1.15. The molecule has 0 bridgehead atoms. The summed E-state index contributed by atoms with van der Waals surface area (Å²) in [5.74, 6) is 0. The van der Waals surface area contributed by atoms with Gasteiger partial charge in [0, 0.05) is 12.2 Å². The lowest BCUT2D eigenvalue weighted by Crippen LogP contribution is -1.99. The van der Waals surface area contributed by atoms with E-state index in [1.807, 2.05) is 30.3 Å². The highest BCUT2D eigenvalue weighted by Gasteiger charge is 2.00. The van der Waals surface area contributed by atoms with Crippen molar-refractivity contribution in [2.24, 2.45) is 0 Å². The molecule has 0 heterocycles. The number of benzene rings is 3. The number of hydrogen-bond donors (Lipinski definition) is 1. The SMILES string of the molecule is Clc1ccc(CNc2ccc3ccccc3c2)cc1Cl. The van der Waals surface area contributed by atoms with Crippen molar-refractivity contribution in [1.82, 2.24) is 0 Å². The molecule has 0 amide bonds. The summed E-state index contributed by atoms with van der Waals surface area (Å²) in [5.41, 5.74) is 2.20. The van der Waals surface area contributed by atoms with Gasteiger partial charge in [0.2, 0.25) is 0 Å². The van der Waals surface area contributed by atoms with Crippen LogP contribution in [-0.4, -0.2) is 0 Å². The first-order valence-electron chi connectivity index (χ1n) is 6.39. The summed E-state index contributed by atoms with van der Waals surface area (Å²) in [6, 6.07) is 20.3. The Morgan fingerprint density at radius 3 is 2.35 bits per heavy atom. The summed E-state index contributed by atoms with van der Waals surface area (Å²) in [5, 5.41) is 7.04. The molecule has 0 aliphatic heterocycles. The predicted octanol–water partition coefficient (Wildman–Crippen LogP) is 5.76.